The van der Waals surface area contributed by atoms with Gasteiger partial charge in [0, 0.05) is 5.88 Å². The van der Waals surface area contributed by atoms with Crippen molar-refractivity contribution in [1.29, 1.82) is 0 Å². The SMILES string of the molecule is CCC(CC)(CCl)Cc1ccc(F)c(F)c1. The van der Waals surface area contributed by atoms with Crippen LogP contribution in [0.5, 0.6) is 0 Å². The van der Waals surface area contributed by atoms with E-state index in [4.69, 9.17) is 11.6 Å². The Balaban J connectivity index is 2.89. The van der Waals surface area contributed by atoms with Gasteiger partial charge in [-0.1, -0.05) is 19.9 Å². The molecule has 0 heterocycles. The van der Waals surface area contributed by atoms with Crippen LogP contribution in [0.4, 0.5) is 8.78 Å². The summed E-state index contributed by atoms with van der Waals surface area (Å²) in [7, 11) is 0. The van der Waals surface area contributed by atoms with Gasteiger partial charge in [0.25, 0.3) is 0 Å². The van der Waals surface area contributed by atoms with Crippen molar-refractivity contribution in [1.82, 2.24) is 0 Å². The zero-order valence-electron chi connectivity index (χ0n) is 9.69. The highest BCUT2D eigenvalue weighted by Crippen LogP contribution is 2.32. The molecular formula is C13H17ClF2. The molecule has 0 nitrogen and oxygen atoms in total. The molecular weight excluding hydrogens is 230 g/mol. The van der Waals surface area contributed by atoms with Gasteiger partial charge in [-0.05, 0) is 42.4 Å². The van der Waals surface area contributed by atoms with Gasteiger partial charge in [-0.3, -0.25) is 0 Å². The molecule has 0 unspecified atom stereocenters. The molecule has 0 N–H and O–H groups in total. The highest BCUT2D eigenvalue weighted by Gasteiger charge is 2.25. The maximum atomic E-state index is 13.1. The van der Waals surface area contributed by atoms with Crippen LogP contribution >= 0.6 is 11.6 Å². The summed E-state index contributed by atoms with van der Waals surface area (Å²) in [5.74, 6) is -1.04. The number of hydrogen-bond donors (Lipinski definition) is 0. The minimum atomic E-state index is -0.798. The summed E-state index contributed by atoms with van der Waals surface area (Å²) >= 11 is 5.98. The first-order valence-electron chi connectivity index (χ1n) is 5.57. The van der Waals surface area contributed by atoms with Crippen LogP contribution in [-0.2, 0) is 6.42 Å². The monoisotopic (exact) mass is 246 g/mol. The number of benzene rings is 1. The molecule has 3 heteroatoms. The number of alkyl halides is 1. The minimum Gasteiger partial charge on any atom is -0.204 e. The van der Waals surface area contributed by atoms with E-state index in [0.717, 1.165) is 18.4 Å². The van der Waals surface area contributed by atoms with Crippen LogP contribution in [0.3, 0.4) is 0 Å². The molecule has 0 fully saturated rings. The van der Waals surface area contributed by atoms with Crippen LogP contribution in [0.15, 0.2) is 18.2 Å². The Hall–Kier alpha value is -0.630. The zero-order chi connectivity index (χ0) is 12.2. The van der Waals surface area contributed by atoms with Gasteiger partial charge in [0.15, 0.2) is 11.6 Å². The highest BCUT2D eigenvalue weighted by atomic mass is 35.5. The van der Waals surface area contributed by atoms with Crippen LogP contribution in [-0.4, -0.2) is 5.88 Å². The summed E-state index contributed by atoms with van der Waals surface area (Å²) < 4.78 is 25.8. The van der Waals surface area contributed by atoms with Gasteiger partial charge in [-0.2, -0.15) is 0 Å². The first-order chi connectivity index (χ1) is 7.56. The number of rotatable bonds is 5. The van der Waals surface area contributed by atoms with E-state index in [0.29, 0.717) is 12.3 Å². The molecule has 90 valence electrons. The Morgan fingerprint density at radius 2 is 1.75 bits per heavy atom. The highest BCUT2D eigenvalue weighted by molar-refractivity contribution is 6.18. The van der Waals surface area contributed by atoms with Crippen molar-refractivity contribution in [2.75, 3.05) is 5.88 Å². The third-order valence-corrected chi connectivity index (χ3v) is 3.91. The molecule has 0 atom stereocenters. The molecule has 0 aromatic heterocycles. The molecule has 0 radical (unpaired) electrons. The summed E-state index contributed by atoms with van der Waals surface area (Å²) in [4.78, 5) is 0. The Bertz CT molecular complexity index is 338. The van der Waals surface area contributed by atoms with Crippen LogP contribution in [0, 0.1) is 17.0 Å². The Labute approximate surface area is 101 Å². The summed E-state index contributed by atoms with van der Waals surface area (Å²) in [5, 5.41) is 0. The van der Waals surface area contributed by atoms with Crippen LogP contribution in [0.1, 0.15) is 32.3 Å². The molecule has 0 aliphatic rings. The Morgan fingerprint density at radius 3 is 2.19 bits per heavy atom. The van der Waals surface area contributed by atoms with Gasteiger partial charge in [-0.25, -0.2) is 8.78 Å². The second kappa shape index (κ2) is 5.62. The van der Waals surface area contributed by atoms with Crippen molar-refractivity contribution in [3.63, 3.8) is 0 Å². The van der Waals surface area contributed by atoms with Crippen LogP contribution < -0.4 is 0 Å². The van der Waals surface area contributed by atoms with Gasteiger partial charge >= 0.3 is 0 Å². The second-order valence-corrected chi connectivity index (χ2v) is 4.53. The zero-order valence-corrected chi connectivity index (χ0v) is 10.5. The molecule has 1 aromatic rings. The number of hydrogen-bond acceptors (Lipinski definition) is 0. The lowest BCUT2D eigenvalue weighted by Gasteiger charge is -2.29. The molecule has 0 saturated carbocycles. The van der Waals surface area contributed by atoms with Crippen molar-refractivity contribution in [3.05, 3.63) is 35.4 Å². The average Bonchev–Trinajstić information content (AvgIpc) is 2.31. The normalized spacial score (nSPS) is 11.8. The quantitative estimate of drug-likeness (QED) is 0.669. The third kappa shape index (κ3) is 2.94. The van der Waals surface area contributed by atoms with Gasteiger partial charge in [0.2, 0.25) is 0 Å². The predicted molar refractivity (Wildman–Crippen MR) is 63.8 cm³/mol. The fraction of sp³-hybridized carbons (Fsp3) is 0.538. The average molecular weight is 247 g/mol. The van der Waals surface area contributed by atoms with E-state index in [-0.39, 0.29) is 5.41 Å². The molecule has 0 aliphatic heterocycles. The lowest BCUT2D eigenvalue weighted by atomic mass is 9.79. The molecule has 0 amide bonds. The van der Waals surface area contributed by atoms with Crippen molar-refractivity contribution < 1.29 is 8.78 Å². The maximum Gasteiger partial charge on any atom is 0.159 e. The van der Waals surface area contributed by atoms with Crippen molar-refractivity contribution in [2.45, 2.75) is 33.1 Å². The minimum absolute atomic E-state index is 0.00811. The predicted octanol–water partition coefficient (Wildman–Crippen LogP) is 4.55. The molecule has 0 spiro atoms. The van der Waals surface area contributed by atoms with Gasteiger partial charge in [0.05, 0.1) is 0 Å². The largest absolute Gasteiger partial charge is 0.204 e. The number of halogens is 3. The topological polar surface area (TPSA) is 0 Å². The standard InChI is InChI=1S/C13H17ClF2/c1-3-13(4-2,9-14)8-10-5-6-11(15)12(16)7-10/h5-7H,3-4,8-9H2,1-2H3. The summed E-state index contributed by atoms with van der Waals surface area (Å²) in [6.45, 7) is 4.15. The van der Waals surface area contributed by atoms with E-state index in [9.17, 15) is 8.78 Å². The van der Waals surface area contributed by atoms with Gasteiger partial charge in [0.1, 0.15) is 0 Å². The van der Waals surface area contributed by atoms with E-state index < -0.39 is 11.6 Å². The molecule has 0 aliphatic carbocycles. The molecule has 1 rings (SSSR count). The fourth-order valence-corrected chi connectivity index (χ4v) is 2.29. The first kappa shape index (κ1) is 13.4. The van der Waals surface area contributed by atoms with E-state index in [1.807, 2.05) is 0 Å². The summed E-state index contributed by atoms with van der Waals surface area (Å²) in [6.07, 6.45) is 2.57. The smallest absolute Gasteiger partial charge is 0.159 e. The Kier molecular flexibility index (Phi) is 4.72. The maximum absolute atomic E-state index is 13.1. The van der Waals surface area contributed by atoms with E-state index in [2.05, 4.69) is 13.8 Å². The molecule has 1 aromatic carbocycles. The Morgan fingerprint density at radius 1 is 1.12 bits per heavy atom. The third-order valence-electron chi connectivity index (χ3n) is 3.35. The lowest BCUT2D eigenvalue weighted by molar-refractivity contribution is 0.301. The van der Waals surface area contributed by atoms with Crippen LogP contribution in [0.2, 0.25) is 0 Å². The molecule has 16 heavy (non-hydrogen) atoms. The lowest BCUT2D eigenvalue weighted by Crippen LogP contribution is -2.24. The van der Waals surface area contributed by atoms with E-state index >= 15 is 0 Å². The van der Waals surface area contributed by atoms with E-state index in [1.54, 1.807) is 6.07 Å². The fourth-order valence-electron chi connectivity index (χ4n) is 1.82. The van der Waals surface area contributed by atoms with Crippen LogP contribution in [0.25, 0.3) is 0 Å². The van der Waals surface area contributed by atoms with Crippen molar-refractivity contribution in [3.8, 4) is 0 Å². The van der Waals surface area contributed by atoms with E-state index in [1.165, 1.54) is 12.1 Å². The van der Waals surface area contributed by atoms with Crippen molar-refractivity contribution >= 4 is 11.6 Å². The molecule has 0 saturated heterocycles. The van der Waals surface area contributed by atoms with Gasteiger partial charge in [-0.15, -0.1) is 11.6 Å². The second-order valence-electron chi connectivity index (χ2n) is 4.27. The summed E-state index contributed by atoms with van der Waals surface area (Å²) in [6, 6.07) is 4.07. The van der Waals surface area contributed by atoms with Crippen molar-refractivity contribution in [2.24, 2.45) is 5.41 Å². The molecule has 0 bridgehead atoms. The summed E-state index contributed by atoms with van der Waals surface area (Å²) in [5.41, 5.74) is 0.800. The first-order valence-corrected chi connectivity index (χ1v) is 6.10. The van der Waals surface area contributed by atoms with Gasteiger partial charge < -0.3 is 0 Å².